The highest BCUT2D eigenvalue weighted by Crippen LogP contribution is 2.37. The first-order valence-electron chi connectivity index (χ1n) is 12.7. The van der Waals surface area contributed by atoms with E-state index in [1.165, 1.54) is 5.56 Å². The van der Waals surface area contributed by atoms with Gasteiger partial charge in [-0.25, -0.2) is 9.48 Å². The van der Waals surface area contributed by atoms with Gasteiger partial charge in [-0.2, -0.15) is 4.98 Å². The summed E-state index contributed by atoms with van der Waals surface area (Å²) < 4.78 is 13.4. The molecule has 0 bridgehead atoms. The Hall–Kier alpha value is -3.75. The Balaban J connectivity index is 1.41. The average molecular weight is 561 g/mol. The quantitative estimate of drug-likeness (QED) is 0.174. The number of nitrogens with one attached hydrogen (secondary N) is 1. The molecule has 3 aromatic carbocycles. The van der Waals surface area contributed by atoms with Gasteiger partial charge in [0.2, 0.25) is 11.1 Å². The van der Waals surface area contributed by atoms with Gasteiger partial charge in [0.25, 0.3) is 0 Å². The molecule has 4 aromatic rings. The molecule has 0 saturated heterocycles. The summed E-state index contributed by atoms with van der Waals surface area (Å²) in [7, 11) is 0. The lowest BCUT2D eigenvalue weighted by atomic mass is 9.95. The van der Waals surface area contributed by atoms with Crippen LogP contribution in [0.15, 0.2) is 95.3 Å². The standard InChI is InChI=1S/C30H29ClN4O3S/c1-19(2)38-28(36)26-20(3)32-29-33-30(39-18-22-7-5-4-6-8-22)34-35(29)27(26)23-11-15-25(16-12-23)37-17-21-9-13-24(31)14-10-21/h4-16,19,27H,17-18H2,1-3H3,(H,32,33,34). The minimum absolute atomic E-state index is 0.253. The number of hydrogen-bond acceptors (Lipinski definition) is 7. The maximum Gasteiger partial charge on any atom is 0.338 e. The van der Waals surface area contributed by atoms with Gasteiger partial charge in [0.1, 0.15) is 18.4 Å². The number of esters is 1. The Labute approximate surface area is 237 Å². The first-order chi connectivity index (χ1) is 18.9. The van der Waals surface area contributed by atoms with Crippen LogP contribution < -0.4 is 10.1 Å². The van der Waals surface area contributed by atoms with E-state index in [9.17, 15) is 4.79 Å². The average Bonchev–Trinajstić information content (AvgIpc) is 3.33. The van der Waals surface area contributed by atoms with Crippen LogP contribution in [0.1, 0.15) is 43.5 Å². The molecule has 9 heteroatoms. The first-order valence-corrected chi connectivity index (χ1v) is 14.0. The van der Waals surface area contributed by atoms with Gasteiger partial charge in [-0.3, -0.25) is 0 Å². The van der Waals surface area contributed by atoms with E-state index in [0.717, 1.165) is 16.9 Å². The molecule has 0 aliphatic carbocycles. The zero-order chi connectivity index (χ0) is 27.4. The van der Waals surface area contributed by atoms with Crippen molar-refractivity contribution >= 4 is 35.3 Å². The molecule has 1 aromatic heterocycles. The van der Waals surface area contributed by atoms with Crippen LogP contribution in [-0.4, -0.2) is 26.8 Å². The molecule has 1 aliphatic heterocycles. The molecule has 7 nitrogen and oxygen atoms in total. The maximum absolute atomic E-state index is 13.3. The number of benzene rings is 3. The number of aromatic nitrogens is 3. The number of allylic oxidation sites excluding steroid dienone is 1. The van der Waals surface area contributed by atoms with E-state index >= 15 is 0 Å². The normalized spacial score (nSPS) is 14.6. The Morgan fingerprint density at radius 3 is 2.44 bits per heavy atom. The number of hydrogen-bond donors (Lipinski definition) is 1. The molecule has 5 rings (SSSR count). The predicted octanol–water partition coefficient (Wildman–Crippen LogP) is 7.04. The topological polar surface area (TPSA) is 78.3 Å². The molecular weight excluding hydrogens is 532 g/mol. The Bertz CT molecular complexity index is 1470. The smallest absolute Gasteiger partial charge is 0.338 e. The second-order valence-electron chi connectivity index (χ2n) is 9.44. The van der Waals surface area contributed by atoms with Gasteiger partial charge < -0.3 is 14.8 Å². The third-order valence-electron chi connectivity index (χ3n) is 6.12. The maximum atomic E-state index is 13.3. The zero-order valence-corrected chi connectivity index (χ0v) is 23.5. The summed E-state index contributed by atoms with van der Waals surface area (Å²) in [6, 6.07) is 24.9. The van der Waals surface area contributed by atoms with Gasteiger partial charge >= 0.3 is 5.97 Å². The Kier molecular flexibility index (Phi) is 8.24. The van der Waals surface area contributed by atoms with Crippen LogP contribution in [0, 0.1) is 0 Å². The molecule has 1 aliphatic rings. The van der Waals surface area contributed by atoms with E-state index < -0.39 is 6.04 Å². The van der Waals surface area contributed by atoms with Crippen molar-refractivity contribution in [3.05, 3.63) is 112 Å². The van der Waals surface area contributed by atoms with Gasteiger partial charge in [0.05, 0.1) is 11.7 Å². The predicted molar refractivity (Wildman–Crippen MR) is 154 cm³/mol. The molecule has 1 N–H and O–H groups in total. The van der Waals surface area contributed by atoms with Crippen LogP contribution in [0.25, 0.3) is 0 Å². The number of fused-ring (bicyclic) bond motifs is 1. The third-order valence-corrected chi connectivity index (χ3v) is 7.28. The number of halogens is 1. The van der Waals surface area contributed by atoms with Crippen molar-refractivity contribution < 1.29 is 14.3 Å². The lowest BCUT2D eigenvalue weighted by molar-refractivity contribution is -0.143. The van der Waals surface area contributed by atoms with E-state index in [0.29, 0.717) is 39.8 Å². The lowest BCUT2D eigenvalue weighted by Gasteiger charge is -2.28. The highest BCUT2D eigenvalue weighted by atomic mass is 35.5. The van der Waals surface area contributed by atoms with Crippen molar-refractivity contribution in [2.45, 2.75) is 50.4 Å². The van der Waals surface area contributed by atoms with Gasteiger partial charge in [0.15, 0.2) is 0 Å². The molecule has 1 unspecified atom stereocenters. The molecule has 1 atom stereocenters. The Morgan fingerprint density at radius 1 is 1.03 bits per heavy atom. The molecule has 0 fully saturated rings. The van der Waals surface area contributed by atoms with E-state index in [-0.39, 0.29) is 12.1 Å². The van der Waals surface area contributed by atoms with Crippen LogP contribution in [0.4, 0.5) is 5.95 Å². The fourth-order valence-corrected chi connectivity index (χ4v) is 5.17. The second-order valence-corrected chi connectivity index (χ2v) is 10.8. The van der Waals surface area contributed by atoms with Crippen molar-refractivity contribution in [3.63, 3.8) is 0 Å². The lowest BCUT2D eigenvalue weighted by Crippen LogP contribution is -2.30. The van der Waals surface area contributed by atoms with Gasteiger partial charge in [0, 0.05) is 16.5 Å². The second kappa shape index (κ2) is 12.0. The van der Waals surface area contributed by atoms with Crippen molar-refractivity contribution in [1.29, 1.82) is 0 Å². The number of rotatable bonds is 9. The SMILES string of the molecule is CC1=C(C(=O)OC(C)C)C(c2ccc(OCc3ccc(Cl)cc3)cc2)n2nc(SCc3ccccc3)nc2N1. The molecule has 0 spiro atoms. The minimum atomic E-state index is -0.503. The van der Waals surface area contributed by atoms with Crippen molar-refractivity contribution in [2.75, 3.05) is 5.32 Å². The van der Waals surface area contributed by atoms with E-state index in [1.54, 1.807) is 16.4 Å². The molecule has 0 amide bonds. The molecule has 200 valence electrons. The molecule has 39 heavy (non-hydrogen) atoms. The highest BCUT2D eigenvalue weighted by molar-refractivity contribution is 7.98. The van der Waals surface area contributed by atoms with E-state index in [4.69, 9.17) is 31.2 Å². The summed E-state index contributed by atoms with van der Waals surface area (Å²) in [6.07, 6.45) is -0.253. The van der Waals surface area contributed by atoms with Gasteiger partial charge in [-0.1, -0.05) is 78.0 Å². The minimum Gasteiger partial charge on any atom is -0.489 e. The van der Waals surface area contributed by atoms with Crippen molar-refractivity contribution in [1.82, 2.24) is 14.8 Å². The highest BCUT2D eigenvalue weighted by Gasteiger charge is 2.35. The summed E-state index contributed by atoms with van der Waals surface area (Å²) in [6.45, 7) is 5.96. The van der Waals surface area contributed by atoms with Gasteiger partial charge in [-0.05, 0) is 61.7 Å². The van der Waals surface area contributed by atoms with Crippen LogP contribution in [0.2, 0.25) is 5.02 Å². The number of anilines is 1. The number of carbonyl (C=O) groups is 1. The number of thioether (sulfide) groups is 1. The number of nitrogens with zero attached hydrogens (tertiary/aromatic N) is 3. The van der Waals surface area contributed by atoms with Crippen LogP contribution >= 0.6 is 23.4 Å². The van der Waals surface area contributed by atoms with E-state index in [1.807, 2.05) is 87.5 Å². The largest absolute Gasteiger partial charge is 0.489 e. The molecular formula is C30H29ClN4O3S. The van der Waals surface area contributed by atoms with Crippen LogP contribution in [-0.2, 0) is 21.9 Å². The summed E-state index contributed by atoms with van der Waals surface area (Å²) in [5, 5.41) is 9.37. The summed E-state index contributed by atoms with van der Waals surface area (Å²) >= 11 is 7.53. The van der Waals surface area contributed by atoms with Crippen LogP contribution in [0.3, 0.4) is 0 Å². The van der Waals surface area contributed by atoms with Crippen molar-refractivity contribution in [2.24, 2.45) is 0 Å². The first kappa shape index (κ1) is 26.8. The molecule has 0 saturated carbocycles. The fourth-order valence-electron chi connectivity index (χ4n) is 4.26. The Morgan fingerprint density at radius 2 is 1.74 bits per heavy atom. The van der Waals surface area contributed by atoms with Gasteiger partial charge in [-0.15, -0.1) is 5.10 Å². The van der Waals surface area contributed by atoms with Crippen LogP contribution in [0.5, 0.6) is 5.75 Å². The molecule has 2 heterocycles. The molecule has 0 radical (unpaired) electrons. The van der Waals surface area contributed by atoms with Crippen molar-refractivity contribution in [3.8, 4) is 5.75 Å². The number of ether oxygens (including phenoxy) is 2. The summed E-state index contributed by atoms with van der Waals surface area (Å²) in [4.78, 5) is 18.0. The monoisotopic (exact) mass is 560 g/mol. The zero-order valence-electron chi connectivity index (χ0n) is 21.9. The summed E-state index contributed by atoms with van der Waals surface area (Å²) in [5.41, 5.74) is 4.26. The fraction of sp³-hybridized carbons (Fsp3) is 0.233. The summed E-state index contributed by atoms with van der Waals surface area (Å²) in [5.74, 6) is 1.65. The van der Waals surface area contributed by atoms with E-state index in [2.05, 4.69) is 17.4 Å². The number of carbonyl (C=O) groups excluding carboxylic acids is 1. The third kappa shape index (κ3) is 6.46.